The van der Waals surface area contributed by atoms with E-state index in [1.807, 2.05) is 0 Å². The van der Waals surface area contributed by atoms with Crippen molar-refractivity contribution in [3.63, 3.8) is 0 Å². The second kappa shape index (κ2) is 16.1. The molecule has 0 aliphatic carbocycles. The van der Waals surface area contributed by atoms with Gasteiger partial charge < -0.3 is 34.0 Å². The molecule has 2 unspecified atom stereocenters. The molecule has 0 bridgehead atoms. The van der Waals surface area contributed by atoms with E-state index in [2.05, 4.69) is 13.2 Å². The molecule has 0 amide bonds. The molecule has 2 fully saturated rings. The van der Waals surface area contributed by atoms with E-state index in [1.54, 1.807) is 0 Å². The Morgan fingerprint density at radius 2 is 1.39 bits per heavy atom. The standard InChI is InChI=1S/C8H14O4.2C3H4O2.Na/c1(9-3-7-5-11-7)2-10-4-8-6-12-8;2*1-2-3(4)5;/h7-8H,1-6H2;2*2H,1H2,(H,4,5);/q;;;+1/p-1. The molecule has 8 nitrogen and oxygen atoms in total. The number of hydrogen-bond acceptors (Lipinski definition) is 7. The topological polar surface area (TPSA) is 121 Å². The molecular weight excluding hydrogens is 319 g/mol. The fraction of sp³-hybridized carbons (Fsp3) is 0.571. The van der Waals surface area contributed by atoms with E-state index in [1.165, 1.54) is 0 Å². The van der Waals surface area contributed by atoms with Crippen LogP contribution in [-0.4, -0.2) is 68.9 Å². The molecule has 0 saturated carbocycles. The van der Waals surface area contributed by atoms with Gasteiger partial charge in [-0.15, -0.1) is 0 Å². The quantitative estimate of drug-likeness (QED) is 0.195. The number of ether oxygens (including phenoxy) is 4. The zero-order valence-corrected chi connectivity index (χ0v) is 15.3. The first-order valence-electron chi connectivity index (χ1n) is 6.57. The summed E-state index contributed by atoms with van der Waals surface area (Å²) in [6.07, 6.45) is 2.27. The van der Waals surface area contributed by atoms with Crippen molar-refractivity contribution in [2.45, 2.75) is 12.2 Å². The van der Waals surface area contributed by atoms with Crippen LogP contribution in [0.4, 0.5) is 0 Å². The number of aliphatic carboxylic acids is 2. The van der Waals surface area contributed by atoms with Crippen molar-refractivity contribution in [2.75, 3.05) is 39.6 Å². The van der Waals surface area contributed by atoms with E-state index in [4.69, 9.17) is 34.0 Å². The predicted octanol–water partition coefficient (Wildman–Crippen LogP) is -4.00. The van der Waals surface area contributed by atoms with Crippen molar-refractivity contribution in [2.24, 2.45) is 0 Å². The molecule has 0 spiro atoms. The van der Waals surface area contributed by atoms with Gasteiger partial charge in [-0.3, -0.25) is 0 Å². The van der Waals surface area contributed by atoms with Crippen LogP contribution in [0.1, 0.15) is 0 Å². The predicted molar refractivity (Wildman–Crippen MR) is 74.2 cm³/mol. The zero-order valence-electron chi connectivity index (χ0n) is 13.3. The first-order valence-corrected chi connectivity index (χ1v) is 6.57. The Bertz CT molecular complexity index is 319. The van der Waals surface area contributed by atoms with E-state index in [-0.39, 0.29) is 29.6 Å². The maximum Gasteiger partial charge on any atom is 1.00 e. The second-order valence-electron chi connectivity index (χ2n) is 4.13. The smallest absolute Gasteiger partial charge is 0.545 e. The van der Waals surface area contributed by atoms with E-state index in [9.17, 15) is 4.79 Å². The van der Waals surface area contributed by atoms with Crippen molar-refractivity contribution >= 4 is 11.9 Å². The van der Waals surface area contributed by atoms with Gasteiger partial charge in [0.05, 0.1) is 45.6 Å². The van der Waals surface area contributed by atoms with Gasteiger partial charge in [-0.2, -0.15) is 0 Å². The van der Waals surface area contributed by atoms with E-state index in [0.717, 1.165) is 25.4 Å². The molecule has 23 heavy (non-hydrogen) atoms. The minimum atomic E-state index is -1.23. The molecule has 2 atom stereocenters. The van der Waals surface area contributed by atoms with Crippen LogP contribution in [0.15, 0.2) is 25.3 Å². The van der Waals surface area contributed by atoms with Gasteiger partial charge in [0.1, 0.15) is 12.2 Å². The Morgan fingerprint density at radius 3 is 1.57 bits per heavy atom. The number of carbonyl (C=O) groups is 2. The van der Waals surface area contributed by atoms with Crippen molar-refractivity contribution in [1.82, 2.24) is 0 Å². The fourth-order valence-electron chi connectivity index (χ4n) is 0.876. The molecule has 2 aliphatic heterocycles. The molecular formula is C14H21NaO8. The van der Waals surface area contributed by atoms with Gasteiger partial charge in [-0.05, 0) is 6.08 Å². The molecule has 2 rings (SSSR count). The van der Waals surface area contributed by atoms with Crippen LogP contribution in [0.3, 0.4) is 0 Å². The Kier molecular flexibility index (Phi) is 17.2. The molecule has 0 radical (unpaired) electrons. The summed E-state index contributed by atoms with van der Waals surface area (Å²) < 4.78 is 20.5. The maximum atomic E-state index is 9.25. The van der Waals surface area contributed by atoms with Gasteiger partial charge in [0.15, 0.2) is 0 Å². The van der Waals surface area contributed by atoms with E-state index in [0.29, 0.717) is 38.6 Å². The summed E-state index contributed by atoms with van der Waals surface area (Å²) >= 11 is 0. The van der Waals surface area contributed by atoms with Gasteiger partial charge in [0.25, 0.3) is 0 Å². The molecule has 0 aromatic carbocycles. The molecule has 2 aliphatic rings. The molecule has 1 N–H and O–H groups in total. The van der Waals surface area contributed by atoms with Crippen LogP contribution in [0.25, 0.3) is 0 Å². The van der Waals surface area contributed by atoms with Gasteiger partial charge >= 0.3 is 35.5 Å². The summed E-state index contributed by atoms with van der Waals surface area (Å²) in [5.74, 6) is -2.21. The van der Waals surface area contributed by atoms with Crippen LogP contribution in [-0.2, 0) is 28.5 Å². The molecule has 2 heterocycles. The normalized spacial score (nSPS) is 19.5. The molecule has 0 aromatic rings. The third-order valence-corrected chi connectivity index (χ3v) is 2.13. The number of epoxide rings is 2. The van der Waals surface area contributed by atoms with Gasteiger partial charge in [-0.1, -0.05) is 13.2 Å². The Balaban J connectivity index is 0. The van der Waals surface area contributed by atoms with Crippen molar-refractivity contribution in [3.8, 4) is 0 Å². The van der Waals surface area contributed by atoms with Gasteiger partial charge in [0, 0.05) is 6.08 Å². The van der Waals surface area contributed by atoms with Crippen molar-refractivity contribution < 1.29 is 68.3 Å². The number of rotatable bonds is 9. The summed E-state index contributed by atoms with van der Waals surface area (Å²) in [5.41, 5.74) is 0. The summed E-state index contributed by atoms with van der Waals surface area (Å²) in [6.45, 7) is 10.3. The van der Waals surface area contributed by atoms with E-state index >= 15 is 0 Å². The van der Waals surface area contributed by atoms with Gasteiger partial charge in [-0.25, -0.2) is 4.79 Å². The first-order chi connectivity index (χ1) is 10.5. The summed E-state index contributed by atoms with van der Waals surface area (Å²) in [6, 6.07) is 0. The van der Waals surface area contributed by atoms with Crippen LogP contribution in [0, 0.1) is 0 Å². The SMILES string of the molecule is C(COCC1CO1)OCC1CO1.C=CC(=O)O.C=CC(=O)[O-].[Na+]. The number of carboxylic acids is 2. The monoisotopic (exact) mass is 340 g/mol. The first kappa shape index (κ1) is 24.5. The molecule has 2 saturated heterocycles. The minimum absolute atomic E-state index is 0. The van der Waals surface area contributed by atoms with Crippen molar-refractivity contribution in [3.05, 3.63) is 25.3 Å². The Morgan fingerprint density at radius 1 is 1.09 bits per heavy atom. The Hall–Kier alpha value is -0.740. The number of carbonyl (C=O) groups excluding carboxylic acids is 1. The Labute approximate surface area is 157 Å². The molecule has 126 valence electrons. The summed E-state index contributed by atoms with van der Waals surface area (Å²) in [7, 11) is 0. The van der Waals surface area contributed by atoms with Crippen molar-refractivity contribution in [1.29, 1.82) is 0 Å². The second-order valence-corrected chi connectivity index (χ2v) is 4.13. The van der Waals surface area contributed by atoms with E-state index < -0.39 is 11.9 Å². The minimum Gasteiger partial charge on any atom is -0.545 e. The van der Waals surface area contributed by atoms with Crippen LogP contribution < -0.4 is 34.7 Å². The largest absolute Gasteiger partial charge is 1.00 e. The van der Waals surface area contributed by atoms with Crippen LogP contribution in [0.5, 0.6) is 0 Å². The van der Waals surface area contributed by atoms with Crippen LogP contribution >= 0.6 is 0 Å². The summed E-state index contributed by atoms with van der Waals surface area (Å²) in [5, 5.41) is 16.7. The number of carboxylic acid groups (broad SMARTS) is 2. The third-order valence-electron chi connectivity index (χ3n) is 2.13. The average Bonchev–Trinajstić information content (AvgIpc) is 3.38. The molecule has 9 heteroatoms. The van der Waals surface area contributed by atoms with Gasteiger partial charge in [0.2, 0.25) is 0 Å². The fourth-order valence-corrected chi connectivity index (χ4v) is 0.876. The summed E-state index contributed by atoms with van der Waals surface area (Å²) in [4.78, 5) is 18.4. The average molecular weight is 340 g/mol. The maximum absolute atomic E-state index is 9.25. The zero-order chi connectivity index (χ0) is 16.8. The van der Waals surface area contributed by atoms with Crippen LogP contribution in [0.2, 0.25) is 0 Å². The molecule has 0 aromatic heterocycles. The number of hydrogen-bond donors (Lipinski definition) is 1. The third kappa shape index (κ3) is 23.7.